The highest BCUT2D eigenvalue weighted by Crippen LogP contribution is 2.18. The second-order valence-electron chi connectivity index (χ2n) is 4.30. The van der Waals surface area contributed by atoms with E-state index in [9.17, 15) is 14.0 Å². The third kappa shape index (κ3) is 3.43. The summed E-state index contributed by atoms with van der Waals surface area (Å²) in [6, 6.07) is 9.27. The number of aliphatic hydroxyl groups excluding tert-OH is 1. The molecule has 2 aromatic rings. The maximum Gasteiger partial charge on any atom is 0.337 e. The van der Waals surface area contributed by atoms with Crippen LogP contribution in [-0.4, -0.2) is 22.1 Å². The van der Waals surface area contributed by atoms with Crippen LogP contribution in [0.2, 0.25) is 0 Å². The van der Waals surface area contributed by atoms with E-state index in [-0.39, 0.29) is 17.9 Å². The average molecular weight is 289 g/mol. The molecule has 0 saturated carbocycles. The maximum atomic E-state index is 13.1. The van der Waals surface area contributed by atoms with Crippen molar-refractivity contribution in [2.24, 2.45) is 0 Å². The van der Waals surface area contributed by atoms with Crippen LogP contribution >= 0.6 is 0 Å². The van der Waals surface area contributed by atoms with E-state index in [4.69, 9.17) is 10.2 Å². The number of hydrogen-bond acceptors (Lipinski definition) is 3. The molecule has 0 unspecified atom stereocenters. The highest BCUT2D eigenvalue weighted by Gasteiger charge is 2.14. The Labute approximate surface area is 119 Å². The Morgan fingerprint density at radius 3 is 2.33 bits per heavy atom. The molecule has 0 spiro atoms. The number of aliphatic hydroxyl groups is 1. The fourth-order valence-electron chi connectivity index (χ4n) is 1.76. The van der Waals surface area contributed by atoms with E-state index in [0.717, 1.165) is 12.1 Å². The van der Waals surface area contributed by atoms with Gasteiger partial charge in [-0.1, -0.05) is 12.1 Å². The van der Waals surface area contributed by atoms with Gasteiger partial charge in [0.05, 0.1) is 17.9 Å². The molecule has 0 aliphatic heterocycles. The molecule has 2 aromatic carbocycles. The predicted molar refractivity (Wildman–Crippen MR) is 73.7 cm³/mol. The van der Waals surface area contributed by atoms with Crippen LogP contribution in [-0.2, 0) is 6.61 Å². The van der Waals surface area contributed by atoms with Gasteiger partial charge in [0.25, 0.3) is 5.91 Å². The summed E-state index contributed by atoms with van der Waals surface area (Å²) < 4.78 is 13.1. The fraction of sp³-hybridized carbons (Fsp3) is 0.0667. The van der Waals surface area contributed by atoms with E-state index in [0.29, 0.717) is 11.1 Å². The van der Waals surface area contributed by atoms with Crippen molar-refractivity contribution < 1.29 is 24.2 Å². The van der Waals surface area contributed by atoms with Gasteiger partial charge in [0.15, 0.2) is 0 Å². The summed E-state index contributed by atoms with van der Waals surface area (Å²) in [7, 11) is 0. The fourth-order valence-corrected chi connectivity index (χ4v) is 1.76. The Morgan fingerprint density at radius 2 is 1.76 bits per heavy atom. The van der Waals surface area contributed by atoms with Gasteiger partial charge in [0.2, 0.25) is 0 Å². The molecule has 21 heavy (non-hydrogen) atoms. The zero-order valence-electron chi connectivity index (χ0n) is 10.8. The first-order valence-electron chi connectivity index (χ1n) is 6.05. The molecule has 0 radical (unpaired) electrons. The molecule has 0 aromatic heterocycles. The van der Waals surface area contributed by atoms with Crippen LogP contribution in [0.25, 0.3) is 0 Å². The second kappa shape index (κ2) is 6.15. The Balaban J connectivity index is 2.24. The van der Waals surface area contributed by atoms with E-state index in [1.165, 1.54) is 18.2 Å². The maximum absolute atomic E-state index is 13.1. The number of carboxylic acid groups (broad SMARTS) is 1. The highest BCUT2D eigenvalue weighted by atomic mass is 19.1. The number of hydrogen-bond donors (Lipinski definition) is 3. The molecule has 0 aliphatic rings. The number of nitrogens with one attached hydrogen (secondary N) is 1. The SMILES string of the molecule is O=C(Nc1ccc(F)cc1C(=O)O)c1ccc(CO)cc1. The van der Waals surface area contributed by atoms with E-state index in [1.54, 1.807) is 12.1 Å². The molecule has 6 heteroatoms. The predicted octanol–water partition coefficient (Wildman–Crippen LogP) is 2.27. The van der Waals surface area contributed by atoms with Crippen LogP contribution in [0.5, 0.6) is 0 Å². The number of halogens is 1. The Hall–Kier alpha value is -2.73. The van der Waals surface area contributed by atoms with Crippen LogP contribution in [0, 0.1) is 5.82 Å². The number of benzene rings is 2. The summed E-state index contributed by atoms with van der Waals surface area (Å²) in [5, 5.41) is 20.3. The highest BCUT2D eigenvalue weighted by molar-refractivity contribution is 6.07. The molecule has 0 heterocycles. The monoisotopic (exact) mass is 289 g/mol. The molecule has 0 aliphatic carbocycles. The van der Waals surface area contributed by atoms with Crippen molar-refractivity contribution in [3.05, 3.63) is 65.0 Å². The number of amides is 1. The summed E-state index contributed by atoms with van der Waals surface area (Å²) in [4.78, 5) is 23.0. The molecule has 2 rings (SSSR count). The van der Waals surface area contributed by atoms with Crippen LogP contribution < -0.4 is 5.32 Å². The lowest BCUT2D eigenvalue weighted by Gasteiger charge is -2.09. The average Bonchev–Trinajstić information content (AvgIpc) is 2.49. The number of aromatic carboxylic acids is 1. The van der Waals surface area contributed by atoms with Gasteiger partial charge in [-0.05, 0) is 35.9 Å². The summed E-state index contributed by atoms with van der Waals surface area (Å²) in [5.74, 6) is -2.55. The van der Waals surface area contributed by atoms with Crippen molar-refractivity contribution in [3.8, 4) is 0 Å². The van der Waals surface area contributed by atoms with Crippen LogP contribution in [0.1, 0.15) is 26.3 Å². The van der Waals surface area contributed by atoms with Crippen molar-refractivity contribution in [1.29, 1.82) is 0 Å². The zero-order valence-corrected chi connectivity index (χ0v) is 10.8. The number of rotatable bonds is 4. The van der Waals surface area contributed by atoms with Gasteiger partial charge in [0.1, 0.15) is 5.82 Å². The van der Waals surface area contributed by atoms with Crippen molar-refractivity contribution in [2.75, 3.05) is 5.32 Å². The molecular formula is C15H12FNO4. The lowest BCUT2D eigenvalue weighted by atomic mass is 10.1. The minimum atomic E-state index is -1.33. The van der Waals surface area contributed by atoms with Gasteiger partial charge in [-0.25, -0.2) is 9.18 Å². The van der Waals surface area contributed by atoms with Crippen LogP contribution in [0.4, 0.5) is 10.1 Å². The smallest absolute Gasteiger partial charge is 0.337 e. The molecule has 3 N–H and O–H groups in total. The van der Waals surface area contributed by atoms with Crippen LogP contribution in [0.3, 0.4) is 0 Å². The first-order valence-corrected chi connectivity index (χ1v) is 6.05. The van der Waals surface area contributed by atoms with Gasteiger partial charge < -0.3 is 15.5 Å². The second-order valence-corrected chi connectivity index (χ2v) is 4.30. The van der Waals surface area contributed by atoms with Gasteiger partial charge in [-0.3, -0.25) is 4.79 Å². The van der Waals surface area contributed by atoms with Gasteiger partial charge in [-0.15, -0.1) is 0 Å². The largest absolute Gasteiger partial charge is 0.478 e. The summed E-state index contributed by atoms with van der Waals surface area (Å²) in [6.07, 6.45) is 0. The molecule has 0 atom stereocenters. The number of anilines is 1. The third-order valence-electron chi connectivity index (χ3n) is 2.86. The van der Waals surface area contributed by atoms with Gasteiger partial charge in [-0.2, -0.15) is 0 Å². The van der Waals surface area contributed by atoms with Crippen molar-refractivity contribution in [1.82, 2.24) is 0 Å². The Bertz CT molecular complexity index is 683. The topological polar surface area (TPSA) is 86.6 Å². The summed E-state index contributed by atoms with van der Waals surface area (Å²) in [6.45, 7) is -0.136. The quantitative estimate of drug-likeness (QED) is 0.805. The standard InChI is InChI=1S/C15H12FNO4/c16-11-5-6-13(12(7-11)15(20)21)17-14(19)10-3-1-9(8-18)2-4-10/h1-7,18H,8H2,(H,17,19)(H,20,21). The van der Waals surface area contributed by atoms with E-state index in [1.807, 2.05) is 0 Å². The van der Waals surface area contributed by atoms with Crippen molar-refractivity contribution in [2.45, 2.75) is 6.61 Å². The number of carbonyl (C=O) groups excluding carboxylic acids is 1. The minimum Gasteiger partial charge on any atom is -0.478 e. The Kier molecular flexibility index (Phi) is 4.30. The van der Waals surface area contributed by atoms with Crippen LogP contribution in [0.15, 0.2) is 42.5 Å². The summed E-state index contributed by atoms with van der Waals surface area (Å²) >= 11 is 0. The lowest BCUT2D eigenvalue weighted by molar-refractivity contribution is 0.0697. The number of carboxylic acids is 1. The first-order chi connectivity index (χ1) is 10.0. The molecule has 5 nitrogen and oxygen atoms in total. The zero-order chi connectivity index (χ0) is 15.4. The molecular weight excluding hydrogens is 277 g/mol. The van der Waals surface area contributed by atoms with Crippen molar-refractivity contribution >= 4 is 17.6 Å². The minimum absolute atomic E-state index is 0.0140. The first kappa shape index (κ1) is 14.7. The Morgan fingerprint density at radius 1 is 1.10 bits per heavy atom. The van der Waals surface area contributed by atoms with Crippen molar-refractivity contribution in [3.63, 3.8) is 0 Å². The molecule has 1 amide bonds. The lowest BCUT2D eigenvalue weighted by Crippen LogP contribution is -2.15. The van der Waals surface area contributed by atoms with E-state index in [2.05, 4.69) is 5.32 Å². The van der Waals surface area contributed by atoms with Gasteiger partial charge in [0, 0.05) is 5.56 Å². The molecule has 108 valence electrons. The normalized spacial score (nSPS) is 10.2. The van der Waals surface area contributed by atoms with Gasteiger partial charge >= 0.3 is 5.97 Å². The molecule has 0 bridgehead atoms. The number of carbonyl (C=O) groups is 2. The summed E-state index contributed by atoms with van der Waals surface area (Å²) in [5.41, 5.74) is 0.642. The third-order valence-corrected chi connectivity index (χ3v) is 2.86. The van der Waals surface area contributed by atoms with E-state index < -0.39 is 17.7 Å². The molecule has 0 fully saturated rings. The van der Waals surface area contributed by atoms with E-state index >= 15 is 0 Å². The molecule has 0 saturated heterocycles.